The van der Waals surface area contributed by atoms with Crippen molar-refractivity contribution in [3.63, 3.8) is 0 Å². The SMILES string of the molecule is C=C(C(C)C)C(F)(F)F.CC. The average molecular weight is 168 g/mol. The van der Waals surface area contributed by atoms with Gasteiger partial charge in [0.2, 0.25) is 0 Å². The smallest absolute Gasteiger partial charge is 0.166 e. The Balaban J connectivity index is 0. The van der Waals surface area contributed by atoms with Gasteiger partial charge in [0.25, 0.3) is 0 Å². The maximum absolute atomic E-state index is 11.6. The summed E-state index contributed by atoms with van der Waals surface area (Å²) in [6.07, 6.45) is -4.21. The molecule has 68 valence electrons. The van der Waals surface area contributed by atoms with Crippen LogP contribution in [0.5, 0.6) is 0 Å². The van der Waals surface area contributed by atoms with Gasteiger partial charge in [0, 0.05) is 5.57 Å². The Morgan fingerprint density at radius 3 is 1.45 bits per heavy atom. The summed E-state index contributed by atoms with van der Waals surface area (Å²) >= 11 is 0. The first kappa shape index (κ1) is 13.1. The van der Waals surface area contributed by atoms with Gasteiger partial charge in [-0.1, -0.05) is 34.3 Å². The van der Waals surface area contributed by atoms with E-state index in [1.807, 2.05) is 13.8 Å². The lowest BCUT2D eigenvalue weighted by Crippen LogP contribution is -2.14. The molecule has 0 bridgehead atoms. The normalized spacial score (nSPS) is 10.5. The van der Waals surface area contributed by atoms with Crippen molar-refractivity contribution in [3.05, 3.63) is 12.2 Å². The molecule has 0 saturated carbocycles. The lowest BCUT2D eigenvalue weighted by Gasteiger charge is -2.11. The maximum Gasteiger partial charge on any atom is 0.412 e. The molecule has 0 radical (unpaired) electrons. The second-order valence-electron chi connectivity index (χ2n) is 2.18. The highest BCUT2D eigenvalue weighted by atomic mass is 19.4. The molecule has 0 aromatic rings. The van der Waals surface area contributed by atoms with Gasteiger partial charge in [-0.15, -0.1) is 0 Å². The monoisotopic (exact) mass is 168 g/mol. The Bertz CT molecular complexity index is 111. The zero-order valence-corrected chi connectivity index (χ0v) is 7.42. The van der Waals surface area contributed by atoms with Crippen LogP contribution in [-0.4, -0.2) is 6.18 Å². The fourth-order valence-electron chi connectivity index (χ4n) is 0.327. The Hall–Kier alpha value is -0.470. The van der Waals surface area contributed by atoms with Crippen molar-refractivity contribution in [2.45, 2.75) is 33.9 Å². The average Bonchev–Trinajstić information content (AvgIpc) is 1.89. The molecule has 0 fully saturated rings. The Morgan fingerprint density at radius 1 is 1.18 bits per heavy atom. The van der Waals surface area contributed by atoms with Crippen LogP contribution in [-0.2, 0) is 0 Å². The molecule has 0 spiro atoms. The summed E-state index contributed by atoms with van der Waals surface area (Å²) in [4.78, 5) is 0. The van der Waals surface area contributed by atoms with Crippen molar-refractivity contribution >= 4 is 0 Å². The van der Waals surface area contributed by atoms with E-state index >= 15 is 0 Å². The van der Waals surface area contributed by atoms with E-state index in [9.17, 15) is 13.2 Å². The minimum absolute atomic E-state index is 0.509. The van der Waals surface area contributed by atoms with Crippen molar-refractivity contribution in [2.24, 2.45) is 5.92 Å². The lowest BCUT2D eigenvalue weighted by molar-refractivity contribution is -0.0971. The fraction of sp³-hybridized carbons (Fsp3) is 0.750. The van der Waals surface area contributed by atoms with Crippen LogP contribution >= 0.6 is 0 Å². The molecule has 11 heavy (non-hydrogen) atoms. The van der Waals surface area contributed by atoms with E-state index in [-0.39, 0.29) is 0 Å². The van der Waals surface area contributed by atoms with E-state index in [1.165, 1.54) is 13.8 Å². The summed E-state index contributed by atoms with van der Waals surface area (Å²) in [6.45, 7) is 9.84. The first-order valence-electron chi connectivity index (χ1n) is 3.61. The van der Waals surface area contributed by atoms with Crippen LogP contribution in [0.1, 0.15) is 27.7 Å². The Kier molecular flexibility index (Phi) is 6.23. The first-order chi connectivity index (χ1) is 4.85. The highest BCUT2D eigenvalue weighted by Gasteiger charge is 2.33. The van der Waals surface area contributed by atoms with E-state index in [2.05, 4.69) is 6.58 Å². The third-order valence-electron chi connectivity index (χ3n) is 1.06. The summed E-state index contributed by atoms with van der Waals surface area (Å²) in [7, 11) is 0. The molecule has 0 rings (SSSR count). The molecule has 0 aromatic heterocycles. The molecule has 0 atom stereocenters. The van der Waals surface area contributed by atoms with Gasteiger partial charge < -0.3 is 0 Å². The van der Waals surface area contributed by atoms with Crippen LogP contribution in [0.25, 0.3) is 0 Å². The molecule has 0 aromatic carbocycles. The lowest BCUT2D eigenvalue weighted by atomic mass is 10.1. The molecule has 0 saturated heterocycles. The molecule has 0 unspecified atom stereocenters. The second-order valence-corrected chi connectivity index (χ2v) is 2.18. The fourth-order valence-corrected chi connectivity index (χ4v) is 0.327. The van der Waals surface area contributed by atoms with Crippen LogP contribution in [0.2, 0.25) is 0 Å². The molecule has 0 aliphatic carbocycles. The third-order valence-corrected chi connectivity index (χ3v) is 1.06. The van der Waals surface area contributed by atoms with Crippen molar-refractivity contribution in [2.75, 3.05) is 0 Å². The highest BCUT2D eigenvalue weighted by Crippen LogP contribution is 2.28. The molecular formula is C8H15F3. The van der Waals surface area contributed by atoms with Gasteiger partial charge in [0.1, 0.15) is 0 Å². The zero-order valence-electron chi connectivity index (χ0n) is 7.42. The molecule has 0 amide bonds. The van der Waals surface area contributed by atoms with Crippen LogP contribution in [0.4, 0.5) is 13.2 Å². The molecular weight excluding hydrogens is 153 g/mol. The summed E-state index contributed by atoms with van der Waals surface area (Å²) in [5.74, 6) is -0.509. The minimum atomic E-state index is -4.21. The largest absolute Gasteiger partial charge is 0.412 e. The summed E-state index contributed by atoms with van der Waals surface area (Å²) in [5, 5.41) is 0. The van der Waals surface area contributed by atoms with Gasteiger partial charge in [-0.05, 0) is 5.92 Å². The van der Waals surface area contributed by atoms with Crippen LogP contribution in [0.15, 0.2) is 12.2 Å². The van der Waals surface area contributed by atoms with Gasteiger partial charge in [-0.25, -0.2) is 0 Å². The van der Waals surface area contributed by atoms with Gasteiger partial charge in [0.15, 0.2) is 0 Å². The molecule has 0 aliphatic heterocycles. The second kappa shape index (κ2) is 5.22. The maximum atomic E-state index is 11.6. The molecule has 0 nitrogen and oxygen atoms in total. The van der Waals surface area contributed by atoms with Crippen molar-refractivity contribution < 1.29 is 13.2 Å². The van der Waals surface area contributed by atoms with E-state index in [0.29, 0.717) is 0 Å². The number of hydrogen-bond acceptors (Lipinski definition) is 0. The van der Waals surface area contributed by atoms with E-state index in [4.69, 9.17) is 0 Å². The molecule has 0 heterocycles. The summed E-state index contributed by atoms with van der Waals surface area (Å²) in [6, 6.07) is 0. The van der Waals surface area contributed by atoms with Crippen LogP contribution < -0.4 is 0 Å². The summed E-state index contributed by atoms with van der Waals surface area (Å²) < 4.78 is 34.8. The zero-order chi connectivity index (χ0) is 9.65. The van der Waals surface area contributed by atoms with E-state index < -0.39 is 17.7 Å². The Labute approximate surface area is 66.1 Å². The van der Waals surface area contributed by atoms with Gasteiger partial charge in [0.05, 0.1) is 0 Å². The van der Waals surface area contributed by atoms with Gasteiger partial charge in [-0.2, -0.15) is 13.2 Å². The first-order valence-corrected chi connectivity index (χ1v) is 3.61. The quantitative estimate of drug-likeness (QED) is 0.522. The van der Waals surface area contributed by atoms with Gasteiger partial charge in [-0.3, -0.25) is 0 Å². The number of hydrogen-bond donors (Lipinski definition) is 0. The number of allylic oxidation sites excluding steroid dienone is 1. The number of alkyl halides is 3. The van der Waals surface area contributed by atoms with Crippen LogP contribution in [0.3, 0.4) is 0 Å². The van der Waals surface area contributed by atoms with Gasteiger partial charge >= 0.3 is 6.18 Å². The van der Waals surface area contributed by atoms with Crippen molar-refractivity contribution in [1.82, 2.24) is 0 Å². The number of halogens is 3. The topological polar surface area (TPSA) is 0 Å². The molecule has 3 heteroatoms. The van der Waals surface area contributed by atoms with E-state index in [1.54, 1.807) is 0 Å². The predicted molar refractivity (Wildman–Crippen MR) is 41.4 cm³/mol. The van der Waals surface area contributed by atoms with Crippen molar-refractivity contribution in [1.29, 1.82) is 0 Å². The van der Waals surface area contributed by atoms with E-state index in [0.717, 1.165) is 0 Å². The molecule has 0 aliphatic rings. The summed E-state index contributed by atoms with van der Waals surface area (Å²) in [5.41, 5.74) is -0.664. The predicted octanol–water partition coefficient (Wildman–Crippen LogP) is 3.79. The number of rotatable bonds is 1. The standard InChI is InChI=1S/C6H9F3.C2H6/c1-4(2)5(3)6(7,8)9;1-2/h4H,3H2,1-2H3;1-2H3. The minimum Gasteiger partial charge on any atom is -0.166 e. The molecule has 0 N–H and O–H groups in total. The Morgan fingerprint density at radius 2 is 1.45 bits per heavy atom. The third kappa shape index (κ3) is 5.95. The van der Waals surface area contributed by atoms with Crippen LogP contribution in [0, 0.1) is 5.92 Å². The highest BCUT2D eigenvalue weighted by molar-refractivity contribution is 5.04. The van der Waals surface area contributed by atoms with Crippen molar-refractivity contribution in [3.8, 4) is 0 Å².